The van der Waals surface area contributed by atoms with Crippen LogP contribution in [-0.2, 0) is 0 Å². The Balaban J connectivity index is 1.75. The number of nitrogens with one attached hydrogen (secondary N) is 1. The molecule has 0 aliphatic heterocycles. The fraction of sp³-hybridized carbons (Fsp3) is 0.429. The van der Waals surface area contributed by atoms with Gasteiger partial charge in [0.2, 0.25) is 0 Å². The number of hydrogen-bond donors (Lipinski definition) is 2. The Kier molecular flexibility index (Phi) is 3.75. The van der Waals surface area contributed by atoms with E-state index in [4.69, 9.17) is 0 Å². The summed E-state index contributed by atoms with van der Waals surface area (Å²) < 4.78 is 0. The van der Waals surface area contributed by atoms with Crippen LogP contribution in [0.5, 0.6) is 0 Å². The summed E-state index contributed by atoms with van der Waals surface area (Å²) in [5, 5.41) is 14.7. The largest absolute Gasteiger partial charge is 0.396 e. The Morgan fingerprint density at radius 2 is 2.32 bits per heavy atom. The van der Waals surface area contributed by atoms with E-state index in [1.807, 2.05) is 18.3 Å². The van der Waals surface area contributed by atoms with Crippen LogP contribution in [0.25, 0.3) is 0 Å². The second kappa shape index (κ2) is 5.67. The first-order valence-electron chi connectivity index (χ1n) is 6.60. The lowest BCUT2D eigenvalue weighted by Crippen LogP contribution is -2.12. The average molecular weight is 275 g/mol. The second-order valence-electron chi connectivity index (χ2n) is 4.80. The van der Waals surface area contributed by atoms with Crippen molar-refractivity contribution in [2.24, 2.45) is 0 Å². The van der Waals surface area contributed by atoms with Crippen LogP contribution in [0.4, 0.5) is 5.82 Å². The molecule has 0 saturated heterocycles. The van der Waals surface area contributed by atoms with Gasteiger partial charge in [0.05, 0.1) is 6.04 Å². The Morgan fingerprint density at radius 1 is 1.42 bits per heavy atom. The van der Waals surface area contributed by atoms with Gasteiger partial charge in [-0.15, -0.1) is 11.3 Å². The van der Waals surface area contributed by atoms with Gasteiger partial charge in [0.25, 0.3) is 0 Å². The fourth-order valence-electron chi connectivity index (χ4n) is 2.08. The van der Waals surface area contributed by atoms with E-state index in [1.54, 1.807) is 11.3 Å². The third kappa shape index (κ3) is 3.11. The Morgan fingerprint density at radius 3 is 3.00 bits per heavy atom. The molecule has 0 bridgehead atoms. The first-order chi connectivity index (χ1) is 9.36. The summed E-state index contributed by atoms with van der Waals surface area (Å²) in [6.07, 6.45) is 4.90. The minimum absolute atomic E-state index is 0.118. The molecular formula is C14H17N3OS. The Labute approximate surface area is 116 Å². The molecule has 1 atom stereocenters. The van der Waals surface area contributed by atoms with E-state index < -0.39 is 0 Å². The molecule has 0 aromatic carbocycles. The third-order valence-electron chi connectivity index (χ3n) is 3.24. The summed E-state index contributed by atoms with van der Waals surface area (Å²) in [6, 6.07) is 6.12. The van der Waals surface area contributed by atoms with E-state index in [1.165, 1.54) is 17.7 Å². The lowest BCUT2D eigenvalue weighted by atomic mass is 10.2. The van der Waals surface area contributed by atoms with Gasteiger partial charge in [0, 0.05) is 23.6 Å². The number of thiophene rings is 1. The minimum Gasteiger partial charge on any atom is -0.396 e. The normalized spacial score (nSPS) is 16.3. The highest BCUT2D eigenvalue weighted by Crippen LogP contribution is 2.38. The first kappa shape index (κ1) is 12.6. The van der Waals surface area contributed by atoms with Crippen molar-refractivity contribution in [2.45, 2.75) is 31.2 Å². The third-order valence-corrected chi connectivity index (χ3v) is 4.23. The lowest BCUT2D eigenvalue weighted by molar-refractivity contribution is 0.280. The summed E-state index contributed by atoms with van der Waals surface area (Å²) in [4.78, 5) is 10.1. The number of aromatic nitrogens is 2. The second-order valence-corrected chi connectivity index (χ2v) is 5.78. The van der Waals surface area contributed by atoms with Crippen molar-refractivity contribution < 1.29 is 5.11 Å². The van der Waals surface area contributed by atoms with Crippen LogP contribution in [0, 0.1) is 0 Å². The topological polar surface area (TPSA) is 58.0 Å². The van der Waals surface area contributed by atoms with Gasteiger partial charge in [-0.3, -0.25) is 0 Å². The molecule has 1 aliphatic rings. The molecule has 2 N–H and O–H groups in total. The van der Waals surface area contributed by atoms with Crippen LogP contribution in [0.2, 0.25) is 0 Å². The van der Waals surface area contributed by atoms with Gasteiger partial charge in [-0.1, -0.05) is 6.07 Å². The molecule has 2 heterocycles. The summed E-state index contributed by atoms with van der Waals surface area (Å²) in [6.45, 7) is 0.163. The van der Waals surface area contributed by atoms with E-state index in [0.29, 0.717) is 12.3 Å². The highest BCUT2D eigenvalue weighted by molar-refractivity contribution is 7.10. The maximum Gasteiger partial charge on any atom is 0.133 e. The van der Waals surface area contributed by atoms with Gasteiger partial charge in [-0.05, 0) is 36.8 Å². The molecule has 1 aliphatic carbocycles. The molecular weight excluding hydrogens is 258 g/mol. The van der Waals surface area contributed by atoms with E-state index in [9.17, 15) is 5.11 Å². The molecule has 2 aromatic heterocycles. The van der Waals surface area contributed by atoms with Crippen molar-refractivity contribution in [1.82, 2.24) is 9.97 Å². The fourth-order valence-corrected chi connectivity index (χ4v) is 2.89. The van der Waals surface area contributed by atoms with E-state index >= 15 is 0 Å². The molecule has 100 valence electrons. The monoisotopic (exact) mass is 275 g/mol. The maximum atomic E-state index is 9.20. The number of hydrogen-bond acceptors (Lipinski definition) is 5. The summed E-state index contributed by atoms with van der Waals surface area (Å²) in [5.41, 5.74) is 0. The summed E-state index contributed by atoms with van der Waals surface area (Å²) in [7, 11) is 0. The molecule has 0 spiro atoms. The molecule has 4 nitrogen and oxygen atoms in total. The first-order valence-corrected chi connectivity index (χ1v) is 7.48. The molecule has 1 saturated carbocycles. The van der Waals surface area contributed by atoms with Crippen molar-refractivity contribution in [1.29, 1.82) is 0 Å². The zero-order chi connectivity index (χ0) is 13.1. The highest BCUT2D eigenvalue weighted by atomic mass is 32.1. The quantitative estimate of drug-likeness (QED) is 0.851. The van der Waals surface area contributed by atoms with Crippen molar-refractivity contribution >= 4 is 17.2 Å². The van der Waals surface area contributed by atoms with Gasteiger partial charge in [-0.2, -0.15) is 0 Å². The van der Waals surface area contributed by atoms with Crippen molar-refractivity contribution in [2.75, 3.05) is 11.9 Å². The van der Waals surface area contributed by atoms with Crippen molar-refractivity contribution in [3.63, 3.8) is 0 Å². The predicted octanol–water partition coefficient (Wildman–Crippen LogP) is 2.95. The van der Waals surface area contributed by atoms with Gasteiger partial charge in [0.1, 0.15) is 11.6 Å². The number of nitrogens with zero attached hydrogens (tertiary/aromatic N) is 2. The zero-order valence-corrected chi connectivity index (χ0v) is 11.4. The number of aliphatic hydroxyl groups is 1. The Bertz CT molecular complexity index is 525. The zero-order valence-electron chi connectivity index (χ0n) is 10.6. The number of aliphatic hydroxyl groups excluding tert-OH is 1. The number of anilines is 1. The molecule has 1 fully saturated rings. The molecule has 5 heteroatoms. The molecule has 2 aromatic rings. The standard InChI is InChI=1S/C14H17N3OS/c18-8-6-11(12-2-1-9-19-12)16-13-5-7-15-14(17-13)10-3-4-10/h1-2,5,7,9-11,18H,3-4,6,8H2,(H,15,16,17). The van der Waals surface area contributed by atoms with Crippen molar-refractivity contribution in [3.8, 4) is 0 Å². The average Bonchev–Trinajstić information content (AvgIpc) is 3.14. The molecule has 0 amide bonds. The summed E-state index contributed by atoms with van der Waals surface area (Å²) >= 11 is 1.70. The van der Waals surface area contributed by atoms with Crippen LogP contribution in [0.1, 0.15) is 41.9 Å². The van der Waals surface area contributed by atoms with E-state index in [-0.39, 0.29) is 12.6 Å². The van der Waals surface area contributed by atoms with Crippen molar-refractivity contribution in [3.05, 3.63) is 40.5 Å². The Hall–Kier alpha value is -1.46. The predicted molar refractivity (Wildman–Crippen MR) is 76.4 cm³/mol. The number of rotatable bonds is 6. The lowest BCUT2D eigenvalue weighted by Gasteiger charge is -2.17. The van der Waals surface area contributed by atoms with Gasteiger partial charge in [-0.25, -0.2) is 9.97 Å². The molecule has 19 heavy (non-hydrogen) atoms. The molecule has 1 unspecified atom stereocenters. The van der Waals surface area contributed by atoms with Crippen LogP contribution in [0.15, 0.2) is 29.8 Å². The molecule has 3 rings (SSSR count). The van der Waals surface area contributed by atoms with Crippen LogP contribution < -0.4 is 5.32 Å². The van der Waals surface area contributed by atoms with Crippen LogP contribution >= 0.6 is 11.3 Å². The van der Waals surface area contributed by atoms with Gasteiger partial charge < -0.3 is 10.4 Å². The maximum absolute atomic E-state index is 9.20. The van der Waals surface area contributed by atoms with E-state index in [2.05, 4.69) is 26.7 Å². The SMILES string of the molecule is OCCC(Nc1ccnc(C2CC2)n1)c1cccs1. The smallest absolute Gasteiger partial charge is 0.133 e. The summed E-state index contributed by atoms with van der Waals surface area (Å²) in [5.74, 6) is 2.35. The van der Waals surface area contributed by atoms with Gasteiger partial charge in [0.15, 0.2) is 0 Å². The highest BCUT2D eigenvalue weighted by Gasteiger charge is 2.26. The molecule has 0 radical (unpaired) electrons. The van der Waals surface area contributed by atoms with Crippen LogP contribution in [0.3, 0.4) is 0 Å². The van der Waals surface area contributed by atoms with Gasteiger partial charge >= 0.3 is 0 Å². The van der Waals surface area contributed by atoms with E-state index in [0.717, 1.165) is 11.6 Å². The van der Waals surface area contributed by atoms with Crippen LogP contribution in [-0.4, -0.2) is 21.7 Å². The minimum atomic E-state index is 0.118.